The molecule has 20 heavy (non-hydrogen) atoms. The Labute approximate surface area is 134 Å². The number of unbranched alkanes of at least 4 members (excludes halogenated alkanes) is 1. The van der Waals surface area contributed by atoms with E-state index in [2.05, 4.69) is 16.5 Å². The summed E-state index contributed by atoms with van der Waals surface area (Å²) in [4.78, 5) is 5.20. The third-order valence-electron chi connectivity index (χ3n) is 3.04. The Morgan fingerprint density at radius 1 is 1.35 bits per heavy atom. The molecule has 0 bridgehead atoms. The first-order chi connectivity index (χ1) is 9.69. The maximum atomic E-state index is 6.27. The number of halogens is 2. The van der Waals surface area contributed by atoms with Crippen LogP contribution in [0.2, 0.25) is 10.0 Å². The number of thioether (sulfide) groups is 1. The molecule has 2 rings (SSSR count). The molecule has 0 amide bonds. The highest BCUT2D eigenvalue weighted by molar-refractivity contribution is 8.00. The van der Waals surface area contributed by atoms with Crippen LogP contribution in [0.25, 0.3) is 0 Å². The van der Waals surface area contributed by atoms with E-state index in [4.69, 9.17) is 23.2 Å². The molecule has 1 heterocycles. The van der Waals surface area contributed by atoms with E-state index < -0.39 is 0 Å². The molecule has 2 nitrogen and oxygen atoms in total. The van der Waals surface area contributed by atoms with Crippen molar-refractivity contribution in [2.45, 2.75) is 42.9 Å². The van der Waals surface area contributed by atoms with Crippen LogP contribution in [0.3, 0.4) is 0 Å². The molecule has 2 aromatic rings. The molecule has 0 saturated carbocycles. The molecular formula is C15H18Cl2N2S. The minimum absolute atomic E-state index is 0.489. The zero-order valence-electron chi connectivity index (χ0n) is 11.4. The number of benzene rings is 1. The predicted octanol–water partition coefficient (Wildman–Crippen LogP) is 5.54. The van der Waals surface area contributed by atoms with Gasteiger partial charge in [-0.2, -0.15) is 0 Å². The van der Waals surface area contributed by atoms with Crippen molar-refractivity contribution in [1.29, 1.82) is 0 Å². The smallest absolute Gasteiger partial charge is 0.0946 e. The Balaban J connectivity index is 2.06. The Hall–Kier alpha value is -0.640. The summed E-state index contributed by atoms with van der Waals surface area (Å²) in [7, 11) is 0. The van der Waals surface area contributed by atoms with Crippen molar-refractivity contribution in [3.8, 4) is 0 Å². The SMILES string of the molecule is CCCCC(Cn1ccnc1)Sc1ccc(Cl)cc1Cl. The summed E-state index contributed by atoms with van der Waals surface area (Å²) in [5, 5.41) is 1.90. The van der Waals surface area contributed by atoms with Crippen molar-refractivity contribution >= 4 is 35.0 Å². The van der Waals surface area contributed by atoms with Gasteiger partial charge in [-0.25, -0.2) is 4.98 Å². The highest BCUT2D eigenvalue weighted by Crippen LogP contribution is 2.34. The third kappa shape index (κ3) is 4.72. The van der Waals surface area contributed by atoms with Gasteiger partial charge in [0, 0.05) is 34.1 Å². The normalized spacial score (nSPS) is 12.6. The molecule has 0 aliphatic carbocycles. The predicted molar refractivity (Wildman–Crippen MR) is 87.9 cm³/mol. The molecule has 0 radical (unpaired) electrons. The standard InChI is InChI=1S/C15H18Cl2N2S/c1-2-3-4-13(10-19-8-7-18-11-19)20-15-6-5-12(16)9-14(15)17/h5-9,11,13H,2-4,10H2,1H3. The lowest BCUT2D eigenvalue weighted by atomic mass is 10.2. The van der Waals surface area contributed by atoms with E-state index in [1.807, 2.05) is 42.6 Å². The van der Waals surface area contributed by atoms with Gasteiger partial charge >= 0.3 is 0 Å². The second-order valence-corrected chi connectivity index (χ2v) is 6.90. The molecule has 1 aromatic heterocycles. The van der Waals surface area contributed by atoms with Gasteiger partial charge in [0.2, 0.25) is 0 Å². The monoisotopic (exact) mass is 328 g/mol. The van der Waals surface area contributed by atoms with E-state index in [9.17, 15) is 0 Å². The van der Waals surface area contributed by atoms with Gasteiger partial charge < -0.3 is 4.57 Å². The van der Waals surface area contributed by atoms with E-state index in [0.717, 1.165) is 22.9 Å². The van der Waals surface area contributed by atoms with Gasteiger partial charge in [0.05, 0.1) is 11.3 Å². The minimum atomic E-state index is 0.489. The molecular weight excluding hydrogens is 311 g/mol. The van der Waals surface area contributed by atoms with Gasteiger partial charge in [0.15, 0.2) is 0 Å². The summed E-state index contributed by atoms with van der Waals surface area (Å²) >= 11 is 14.0. The molecule has 0 saturated heterocycles. The lowest BCUT2D eigenvalue weighted by Crippen LogP contribution is -2.12. The maximum absolute atomic E-state index is 6.27. The first-order valence-corrected chi connectivity index (χ1v) is 8.40. The third-order valence-corrected chi connectivity index (χ3v) is 5.03. The average Bonchev–Trinajstić information content (AvgIpc) is 2.92. The highest BCUT2D eigenvalue weighted by Gasteiger charge is 2.13. The van der Waals surface area contributed by atoms with Crippen molar-refractivity contribution in [3.05, 3.63) is 47.0 Å². The molecule has 5 heteroatoms. The van der Waals surface area contributed by atoms with E-state index in [-0.39, 0.29) is 0 Å². The number of aromatic nitrogens is 2. The van der Waals surface area contributed by atoms with Crippen molar-refractivity contribution in [3.63, 3.8) is 0 Å². The summed E-state index contributed by atoms with van der Waals surface area (Å²) in [5.74, 6) is 0. The lowest BCUT2D eigenvalue weighted by Gasteiger charge is -2.17. The Kier molecular flexibility index (Phi) is 6.27. The Bertz CT molecular complexity index is 529. The Morgan fingerprint density at radius 2 is 2.20 bits per heavy atom. The van der Waals surface area contributed by atoms with Crippen LogP contribution in [0.5, 0.6) is 0 Å². The summed E-state index contributed by atoms with van der Waals surface area (Å²) in [6, 6.07) is 5.70. The second kappa shape index (κ2) is 7.96. The molecule has 0 aliphatic heterocycles. The fraction of sp³-hybridized carbons (Fsp3) is 0.400. The Morgan fingerprint density at radius 3 is 2.85 bits per heavy atom. The molecule has 0 aliphatic rings. The van der Waals surface area contributed by atoms with E-state index >= 15 is 0 Å². The van der Waals surface area contributed by atoms with Crippen LogP contribution in [0, 0.1) is 0 Å². The van der Waals surface area contributed by atoms with Crippen LogP contribution in [-0.4, -0.2) is 14.8 Å². The van der Waals surface area contributed by atoms with Gasteiger partial charge in [-0.15, -0.1) is 11.8 Å². The fourth-order valence-electron chi connectivity index (χ4n) is 2.00. The minimum Gasteiger partial charge on any atom is -0.336 e. The summed E-state index contributed by atoms with van der Waals surface area (Å²) < 4.78 is 2.12. The fourth-order valence-corrected chi connectivity index (χ4v) is 3.75. The molecule has 108 valence electrons. The first kappa shape index (κ1) is 15.7. The number of imidazole rings is 1. The number of rotatable bonds is 7. The van der Waals surface area contributed by atoms with Crippen molar-refractivity contribution < 1.29 is 0 Å². The maximum Gasteiger partial charge on any atom is 0.0946 e. The second-order valence-electron chi connectivity index (χ2n) is 4.72. The molecule has 0 spiro atoms. The van der Waals surface area contributed by atoms with Crippen molar-refractivity contribution in [2.24, 2.45) is 0 Å². The summed E-state index contributed by atoms with van der Waals surface area (Å²) in [6.07, 6.45) is 9.27. The zero-order valence-corrected chi connectivity index (χ0v) is 13.8. The van der Waals surface area contributed by atoms with Crippen molar-refractivity contribution in [1.82, 2.24) is 9.55 Å². The van der Waals surface area contributed by atoms with Gasteiger partial charge in [0.1, 0.15) is 0 Å². The lowest BCUT2D eigenvalue weighted by molar-refractivity contribution is 0.596. The van der Waals surface area contributed by atoms with Crippen molar-refractivity contribution in [2.75, 3.05) is 0 Å². The van der Waals surface area contributed by atoms with Crippen LogP contribution in [-0.2, 0) is 6.54 Å². The van der Waals surface area contributed by atoms with Gasteiger partial charge in [-0.3, -0.25) is 0 Å². The number of nitrogens with zero attached hydrogens (tertiary/aromatic N) is 2. The number of hydrogen-bond donors (Lipinski definition) is 0. The quantitative estimate of drug-likeness (QED) is 0.621. The van der Waals surface area contributed by atoms with E-state index in [1.54, 1.807) is 6.07 Å². The van der Waals surface area contributed by atoms with Crippen LogP contribution in [0.4, 0.5) is 0 Å². The van der Waals surface area contributed by atoms with Gasteiger partial charge in [-0.1, -0.05) is 43.0 Å². The molecule has 0 N–H and O–H groups in total. The topological polar surface area (TPSA) is 17.8 Å². The van der Waals surface area contributed by atoms with Gasteiger partial charge in [-0.05, 0) is 24.6 Å². The average molecular weight is 329 g/mol. The van der Waals surface area contributed by atoms with E-state index in [0.29, 0.717) is 10.3 Å². The molecule has 1 atom stereocenters. The van der Waals surface area contributed by atoms with E-state index in [1.165, 1.54) is 12.8 Å². The molecule has 1 aromatic carbocycles. The zero-order chi connectivity index (χ0) is 14.4. The molecule has 0 fully saturated rings. The van der Waals surface area contributed by atoms with Crippen LogP contribution >= 0.6 is 35.0 Å². The molecule has 1 unspecified atom stereocenters. The van der Waals surface area contributed by atoms with Crippen LogP contribution in [0.1, 0.15) is 26.2 Å². The largest absolute Gasteiger partial charge is 0.336 e. The van der Waals surface area contributed by atoms with Crippen LogP contribution in [0.15, 0.2) is 41.8 Å². The van der Waals surface area contributed by atoms with Gasteiger partial charge in [0.25, 0.3) is 0 Å². The first-order valence-electron chi connectivity index (χ1n) is 6.76. The highest BCUT2D eigenvalue weighted by atomic mass is 35.5. The summed E-state index contributed by atoms with van der Waals surface area (Å²) in [6.45, 7) is 3.16. The van der Waals surface area contributed by atoms with Crippen LogP contribution < -0.4 is 0 Å². The summed E-state index contributed by atoms with van der Waals surface area (Å²) in [5.41, 5.74) is 0. The number of hydrogen-bond acceptors (Lipinski definition) is 2.